The van der Waals surface area contributed by atoms with Gasteiger partial charge in [-0.25, -0.2) is 9.78 Å². The van der Waals surface area contributed by atoms with Crippen molar-refractivity contribution >= 4 is 22.0 Å². The molecule has 23 heavy (non-hydrogen) atoms. The smallest absolute Gasteiger partial charge is 0.410 e. The number of pyridine rings is 1. The molecule has 0 saturated heterocycles. The van der Waals surface area contributed by atoms with Gasteiger partial charge in [0.2, 0.25) is 0 Å². The maximum Gasteiger partial charge on any atom is 0.410 e. The molecule has 0 bridgehead atoms. The third-order valence-electron chi connectivity index (χ3n) is 3.01. The summed E-state index contributed by atoms with van der Waals surface area (Å²) < 4.78 is 45.4. The van der Waals surface area contributed by atoms with Gasteiger partial charge in [-0.05, 0) is 54.8 Å². The summed E-state index contributed by atoms with van der Waals surface area (Å²) in [5, 5.41) is 0. The summed E-state index contributed by atoms with van der Waals surface area (Å²) in [7, 11) is 1.42. The highest BCUT2D eigenvalue weighted by molar-refractivity contribution is 9.10. The van der Waals surface area contributed by atoms with Crippen molar-refractivity contribution in [3.05, 3.63) is 28.5 Å². The number of aromatic nitrogens is 1. The van der Waals surface area contributed by atoms with Gasteiger partial charge in [0.15, 0.2) is 0 Å². The SMILES string of the molecule is CN(CCC(c1ccc(Br)nc1)C(F)(F)F)C(=O)OC(C)(C)C. The van der Waals surface area contributed by atoms with Crippen molar-refractivity contribution in [2.45, 2.75) is 44.9 Å². The third-order valence-corrected chi connectivity index (χ3v) is 3.48. The second-order valence-electron chi connectivity index (χ2n) is 6.20. The monoisotopic (exact) mass is 396 g/mol. The van der Waals surface area contributed by atoms with Crippen LogP contribution in [0.1, 0.15) is 38.7 Å². The lowest BCUT2D eigenvalue weighted by molar-refractivity contribution is -0.152. The van der Waals surface area contributed by atoms with Gasteiger partial charge in [-0.1, -0.05) is 6.07 Å². The van der Waals surface area contributed by atoms with Gasteiger partial charge in [0.25, 0.3) is 0 Å². The van der Waals surface area contributed by atoms with Gasteiger partial charge < -0.3 is 9.64 Å². The van der Waals surface area contributed by atoms with E-state index in [-0.39, 0.29) is 18.5 Å². The summed E-state index contributed by atoms with van der Waals surface area (Å²) in [5.41, 5.74) is -0.622. The lowest BCUT2D eigenvalue weighted by atomic mass is 9.96. The van der Waals surface area contributed by atoms with Crippen LogP contribution in [0.3, 0.4) is 0 Å². The molecule has 4 nitrogen and oxygen atoms in total. The van der Waals surface area contributed by atoms with E-state index in [2.05, 4.69) is 20.9 Å². The Morgan fingerprint density at radius 2 is 1.96 bits per heavy atom. The second kappa shape index (κ2) is 7.51. The molecule has 0 aromatic carbocycles. The highest BCUT2D eigenvalue weighted by Gasteiger charge is 2.40. The average molecular weight is 397 g/mol. The zero-order valence-corrected chi connectivity index (χ0v) is 15.0. The van der Waals surface area contributed by atoms with E-state index >= 15 is 0 Å². The van der Waals surface area contributed by atoms with Crippen LogP contribution in [-0.2, 0) is 4.74 Å². The van der Waals surface area contributed by atoms with Crippen LogP contribution >= 0.6 is 15.9 Å². The van der Waals surface area contributed by atoms with Crippen LogP contribution in [0.25, 0.3) is 0 Å². The highest BCUT2D eigenvalue weighted by Crippen LogP contribution is 2.37. The van der Waals surface area contributed by atoms with Crippen LogP contribution < -0.4 is 0 Å². The number of alkyl halides is 3. The van der Waals surface area contributed by atoms with Gasteiger partial charge in [-0.3, -0.25) is 0 Å². The largest absolute Gasteiger partial charge is 0.444 e. The minimum absolute atomic E-state index is 0.0679. The maximum absolute atomic E-state index is 13.3. The number of nitrogens with zero attached hydrogens (tertiary/aromatic N) is 2. The van der Waals surface area contributed by atoms with Crippen molar-refractivity contribution in [3.8, 4) is 0 Å². The molecule has 1 unspecified atom stereocenters. The fraction of sp³-hybridized carbons (Fsp3) is 0.600. The summed E-state index contributed by atoms with van der Waals surface area (Å²) in [6.07, 6.45) is -4.13. The molecule has 0 aliphatic rings. The molecular formula is C15H20BrF3N2O2. The van der Waals surface area contributed by atoms with Gasteiger partial charge in [0.1, 0.15) is 10.2 Å². The molecule has 1 aromatic heterocycles. The molecule has 8 heteroatoms. The van der Waals surface area contributed by atoms with Gasteiger partial charge in [0.05, 0.1) is 5.92 Å². The summed E-state index contributed by atoms with van der Waals surface area (Å²) >= 11 is 3.09. The number of amides is 1. The van der Waals surface area contributed by atoms with Gasteiger partial charge in [0, 0.05) is 19.8 Å². The Morgan fingerprint density at radius 3 is 2.39 bits per heavy atom. The first-order chi connectivity index (χ1) is 10.4. The topological polar surface area (TPSA) is 42.4 Å². The van der Waals surface area contributed by atoms with Crippen molar-refractivity contribution in [3.63, 3.8) is 0 Å². The molecule has 1 rings (SSSR count). The number of halogens is 4. The van der Waals surface area contributed by atoms with Crippen LogP contribution in [-0.4, -0.2) is 41.3 Å². The Labute approximate surface area is 142 Å². The van der Waals surface area contributed by atoms with E-state index in [1.54, 1.807) is 20.8 Å². The lowest BCUT2D eigenvalue weighted by Gasteiger charge is -2.27. The molecular weight excluding hydrogens is 377 g/mol. The fourth-order valence-corrected chi connectivity index (χ4v) is 2.10. The lowest BCUT2D eigenvalue weighted by Crippen LogP contribution is -2.36. The molecule has 0 aliphatic heterocycles. The summed E-state index contributed by atoms with van der Waals surface area (Å²) in [6.45, 7) is 5.02. The van der Waals surface area contributed by atoms with Crippen molar-refractivity contribution in [1.82, 2.24) is 9.88 Å². The first-order valence-corrected chi connectivity index (χ1v) is 7.82. The predicted molar refractivity (Wildman–Crippen MR) is 84.2 cm³/mol. The van der Waals surface area contributed by atoms with E-state index < -0.39 is 23.8 Å². The van der Waals surface area contributed by atoms with Crippen molar-refractivity contribution in [2.24, 2.45) is 0 Å². The molecule has 1 aromatic rings. The molecule has 0 fully saturated rings. The van der Waals surface area contributed by atoms with E-state index in [0.29, 0.717) is 4.60 Å². The van der Waals surface area contributed by atoms with Crippen molar-refractivity contribution in [2.75, 3.05) is 13.6 Å². The minimum atomic E-state index is -4.41. The highest BCUT2D eigenvalue weighted by atomic mass is 79.9. The molecule has 1 heterocycles. The maximum atomic E-state index is 13.3. The number of hydrogen-bond donors (Lipinski definition) is 0. The van der Waals surface area contributed by atoms with Crippen molar-refractivity contribution in [1.29, 1.82) is 0 Å². The zero-order valence-electron chi connectivity index (χ0n) is 13.4. The van der Waals surface area contributed by atoms with Crippen molar-refractivity contribution < 1.29 is 22.7 Å². The molecule has 0 N–H and O–H groups in total. The molecule has 0 radical (unpaired) electrons. The summed E-state index contributed by atoms with van der Waals surface area (Å²) in [5.74, 6) is -1.69. The minimum Gasteiger partial charge on any atom is -0.444 e. The average Bonchev–Trinajstić information content (AvgIpc) is 2.37. The molecule has 0 spiro atoms. The Kier molecular flexibility index (Phi) is 6.44. The first kappa shape index (κ1) is 19.7. The Balaban J connectivity index is 2.76. The van der Waals surface area contributed by atoms with E-state index in [4.69, 9.17) is 4.74 Å². The third kappa shape index (κ3) is 6.76. The summed E-state index contributed by atoms with van der Waals surface area (Å²) in [6, 6.07) is 2.84. The normalized spacial score (nSPS) is 13.6. The predicted octanol–water partition coefficient (Wildman–Crippen LogP) is 4.75. The van der Waals surface area contributed by atoms with E-state index in [0.717, 1.165) is 4.90 Å². The molecule has 0 aliphatic carbocycles. The van der Waals surface area contributed by atoms with Crippen LogP contribution in [0.15, 0.2) is 22.9 Å². The van der Waals surface area contributed by atoms with Gasteiger partial charge in [-0.15, -0.1) is 0 Å². The number of rotatable bonds is 4. The molecule has 1 atom stereocenters. The second-order valence-corrected chi connectivity index (χ2v) is 7.01. The van der Waals surface area contributed by atoms with Crippen LogP contribution in [0.4, 0.5) is 18.0 Å². The van der Waals surface area contributed by atoms with Crippen LogP contribution in [0, 0.1) is 0 Å². The first-order valence-electron chi connectivity index (χ1n) is 7.02. The number of ether oxygens (including phenoxy) is 1. The Bertz CT molecular complexity index is 527. The summed E-state index contributed by atoms with van der Waals surface area (Å²) in [4.78, 5) is 16.8. The number of hydrogen-bond acceptors (Lipinski definition) is 3. The van der Waals surface area contributed by atoms with Gasteiger partial charge in [-0.2, -0.15) is 13.2 Å². The molecule has 130 valence electrons. The van der Waals surface area contributed by atoms with Crippen LogP contribution in [0.5, 0.6) is 0 Å². The standard InChI is InChI=1S/C15H20BrF3N2O2/c1-14(2,3)23-13(22)21(4)8-7-11(15(17,18)19)10-5-6-12(16)20-9-10/h5-6,9,11H,7-8H2,1-4H3. The van der Waals surface area contributed by atoms with E-state index in [1.165, 1.54) is 25.4 Å². The number of carbonyl (C=O) groups is 1. The van der Waals surface area contributed by atoms with E-state index in [9.17, 15) is 18.0 Å². The Hall–Kier alpha value is -1.31. The molecule has 0 saturated carbocycles. The zero-order chi connectivity index (χ0) is 17.8. The fourth-order valence-electron chi connectivity index (χ4n) is 1.87. The Morgan fingerprint density at radius 1 is 1.35 bits per heavy atom. The van der Waals surface area contributed by atoms with Crippen LogP contribution in [0.2, 0.25) is 0 Å². The number of carbonyl (C=O) groups excluding carboxylic acids is 1. The quantitative estimate of drug-likeness (QED) is 0.689. The molecule has 1 amide bonds. The van der Waals surface area contributed by atoms with Gasteiger partial charge >= 0.3 is 12.3 Å². The van der Waals surface area contributed by atoms with E-state index in [1.807, 2.05) is 0 Å².